The zero-order valence-corrected chi connectivity index (χ0v) is 20.4. The van der Waals surface area contributed by atoms with Crippen molar-refractivity contribution >= 4 is 20.9 Å². The summed E-state index contributed by atoms with van der Waals surface area (Å²) in [6.07, 6.45) is -5.45. The molecule has 1 fully saturated rings. The van der Waals surface area contributed by atoms with E-state index >= 15 is 0 Å². The van der Waals surface area contributed by atoms with Gasteiger partial charge in [0.25, 0.3) is 5.56 Å². The Morgan fingerprint density at radius 1 is 1.09 bits per heavy atom. The first kappa shape index (κ1) is 28.7. The summed E-state index contributed by atoms with van der Waals surface area (Å²) in [5, 5.41) is 0. The third kappa shape index (κ3) is 10.3. The minimum absolute atomic E-state index is 0.131. The van der Waals surface area contributed by atoms with Crippen molar-refractivity contribution in [3.05, 3.63) is 33.1 Å². The van der Waals surface area contributed by atoms with Gasteiger partial charge in [0.2, 0.25) is 13.6 Å². The number of H-pyrrole nitrogens is 1. The monoisotopic (exact) mass is 526 g/mol. The Morgan fingerprint density at radius 2 is 1.66 bits per heavy atom. The molecule has 1 N–H and O–H groups in total. The molecule has 35 heavy (non-hydrogen) atoms. The number of aromatic amines is 1. The van der Waals surface area contributed by atoms with E-state index in [2.05, 4.69) is 0 Å². The van der Waals surface area contributed by atoms with Gasteiger partial charge in [-0.1, -0.05) is 0 Å². The minimum atomic E-state index is -2.26. The number of alkyl halides is 1. The maximum Gasteiger partial charge on any atom is 0.510 e. The summed E-state index contributed by atoms with van der Waals surface area (Å²) in [6.45, 7) is 5.05. The van der Waals surface area contributed by atoms with Gasteiger partial charge in [-0.15, -0.1) is 0 Å². The summed E-state index contributed by atoms with van der Waals surface area (Å²) >= 11 is 0. The van der Waals surface area contributed by atoms with Crippen molar-refractivity contribution in [3.8, 4) is 0 Å². The van der Waals surface area contributed by atoms with Crippen molar-refractivity contribution in [2.45, 2.75) is 64.8 Å². The molecule has 1 aromatic heterocycles. The van der Waals surface area contributed by atoms with Crippen LogP contribution in [0.3, 0.4) is 0 Å². The molecule has 0 amide bonds. The van der Waals surface area contributed by atoms with Gasteiger partial charge in [-0.25, -0.2) is 18.8 Å². The first-order valence-corrected chi connectivity index (χ1v) is 11.6. The van der Waals surface area contributed by atoms with Crippen LogP contribution in [-0.2, 0) is 37.3 Å². The molecule has 0 spiro atoms. The number of nitrogens with one attached hydrogen (secondary N) is 1. The van der Waals surface area contributed by atoms with E-state index in [0.717, 1.165) is 16.8 Å². The maximum atomic E-state index is 14.5. The lowest BCUT2D eigenvalue weighted by Gasteiger charge is -2.19. The summed E-state index contributed by atoms with van der Waals surface area (Å²) < 4.78 is 55.9. The van der Waals surface area contributed by atoms with Crippen molar-refractivity contribution < 1.29 is 51.2 Å². The zero-order valence-electron chi connectivity index (χ0n) is 19.5. The first-order chi connectivity index (χ1) is 16.5. The minimum Gasteiger partial charge on any atom is -0.432 e. The van der Waals surface area contributed by atoms with Gasteiger partial charge in [0, 0.05) is 18.7 Å². The van der Waals surface area contributed by atoms with Gasteiger partial charge in [-0.2, -0.15) is 0 Å². The molecule has 16 heteroatoms. The van der Waals surface area contributed by atoms with Crippen molar-refractivity contribution in [2.75, 3.05) is 20.2 Å². The third-order valence-corrected chi connectivity index (χ3v) is 4.95. The van der Waals surface area contributed by atoms with Gasteiger partial charge in [0.05, 0.1) is 24.9 Å². The second-order valence-corrected chi connectivity index (χ2v) is 8.77. The van der Waals surface area contributed by atoms with Crippen molar-refractivity contribution in [1.82, 2.24) is 9.55 Å². The van der Waals surface area contributed by atoms with E-state index in [-0.39, 0.29) is 13.0 Å². The van der Waals surface area contributed by atoms with Crippen molar-refractivity contribution in [2.24, 2.45) is 0 Å². The zero-order chi connectivity index (χ0) is 26.0. The average Bonchev–Trinajstić information content (AvgIpc) is 3.10. The summed E-state index contributed by atoms with van der Waals surface area (Å²) in [5.74, 6) is 0. The van der Waals surface area contributed by atoms with Crippen LogP contribution in [0.1, 0.15) is 40.3 Å². The quantitative estimate of drug-likeness (QED) is 0.241. The van der Waals surface area contributed by atoms with Crippen LogP contribution in [0, 0.1) is 0 Å². The summed E-state index contributed by atoms with van der Waals surface area (Å²) in [6, 6.07) is 1.07. The smallest absolute Gasteiger partial charge is 0.432 e. The lowest BCUT2D eigenvalue weighted by Crippen LogP contribution is -2.34. The molecule has 3 unspecified atom stereocenters. The lowest BCUT2D eigenvalue weighted by molar-refractivity contribution is -0.0528. The number of nitrogens with zero attached hydrogens (tertiary/aromatic N) is 1. The number of carbonyl (C=O) groups excluding carboxylic acids is 2. The number of ether oxygens (including phenoxy) is 5. The molecule has 1 aliphatic heterocycles. The molecule has 2 heterocycles. The predicted molar refractivity (Wildman–Crippen MR) is 115 cm³/mol. The van der Waals surface area contributed by atoms with E-state index in [9.17, 15) is 23.6 Å². The van der Waals surface area contributed by atoms with Crippen LogP contribution in [0.25, 0.3) is 0 Å². The van der Waals surface area contributed by atoms with Gasteiger partial charge in [-0.3, -0.25) is 23.4 Å². The Kier molecular flexibility index (Phi) is 11.5. The second-order valence-electron chi connectivity index (χ2n) is 7.55. The highest BCUT2D eigenvalue weighted by molar-refractivity contribution is 7.41. The van der Waals surface area contributed by atoms with E-state index in [4.69, 9.17) is 37.3 Å². The van der Waals surface area contributed by atoms with E-state index < -0.39 is 76.5 Å². The molecule has 3 atom stereocenters. The molecular weight excluding hydrogens is 498 g/mol. The van der Waals surface area contributed by atoms with Gasteiger partial charge < -0.3 is 28.2 Å². The number of aromatic nitrogens is 2. The van der Waals surface area contributed by atoms with Crippen LogP contribution < -0.4 is 11.2 Å². The predicted octanol–water partition coefficient (Wildman–Crippen LogP) is 2.48. The average molecular weight is 526 g/mol. The summed E-state index contributed by atoms with van der Waals surface area (Å²) in [5.41, 5.74) is -1.45. The number of hydrogen-bond donors (Lipinski definition) is 1. The third-order valence-electron chi connectivity index (χ3n) is 3.95. The highest BCUT2D eigenvalue weighted by Gasteiger charge is 2.38. The van der Waals surface area contributed by atoms with Crippen LogP contribution in [0.2, 0.25) is 0 Å². The number of hydrogen-bond acceptors (Lipinski definition) is 12. The molecular formula is C19H28FN2O12P. The van der Waals surface area contributed by atoms with Crippen LogP contribution in [0.15, 0.2) is 21.9 Å². The largest absolute Gasteiger partial charge is 0.510 e. The van der Waals surface area contributed by atoms with Gasteiger partial charge >= 0.3 is 26.6 Å². The van der Waals surface area contributed by atoms with Crippen LogP contribution in [0.5, 0.6) is 0 Å². The van der Waals surface area contributed by atoms with E-state index in [1.165, 1.54) is 0 Å². The van der Waals surface area contributed by atoms with E-state index in [1.54, 1.807) is 27.7 Å². The van der Waals surface area contributed by atoms with E-state index in [0.29, 0.717) is 0 Å². The first-order valence-electron chi connectivity index (χ1n) is 10.5. The fourth-order valence-corrected chi connectivity index (χ4v) is 3.41. The molecule has 1 aromatic rings. The topological polar surface area (TPSA) is 163 Å². The van der Waals surface area contributed by atoms with Gasteiger partial charge in [-0.05, 0) is 27.7 Å². The molecule has 198 valence electrons. The maximum absolute atomic E-state index is 14.5. The molecule has 0 radical (unpaired) electrons. The number of carbonyl (C=O) groups is 2. The Balaban J connectivity index is 1.89. The normalized spacial score (nSPS) is 19.8. The molecule has 0 aromatic carbocycles. The highest BCUT2D eigenvalue weighted by atomic mass is 31.2. The molecule has 1 saturated heterocycles. The molecule has 0 saturated carbocycles. The molecule has 2 rings (SSSR count). The Bertz CT molecular complexity index is 911. The fourth-order valence-electron chi connectivity index (χ4n) is 2.62. The standard InChI is InChI=1S/C19H28FN2O12P/c1-11(2)32-18(25)27-9-30-35(31-10-28-19(26)33-12(3)4)29-8-13-7-14(20)16(34-13)22-6-5-15(23)21-17(22)24/h5-6,11-14,16H,7-10H2,1-4H3,(H,21,23,24). The Morgan fingerprint density at radius 3 is 2.17 bits per heavy atom. The lowest BCUT2D eigenvalue weighted by atomic mass is 10.2. The highest BCUT2D eigenvalue weighted by Crippen LogP contribution is 2.41. The van der Waals surface area contributed by atoms with Gasteiger partial charge in [0.1, 0.15) is 6.17 Å². The Labute approximate surface area is 200 Å². The van der Waals surface area contributed by atoms with Crippen molar-refractivity contribution in [1.29, 1.82) is 0 Å². The molecule has 14 nitrogen and oxygen atoms in total. The van der Waals surface area contributed by atoms with Crippen LogP contribution in [-0.4, -0.2) is 66.5 Å². The molecule has 0 aliphatic carbocycles. The summed E-state index contributed by atoms with van der Waals surface area (Å²) in [4.78, 5) is 48.1. The van der Waals surface area contributed by atoms with Crippen LogP contribution >= 0.6 is 8.60 Å². The SMILES string of the molecule is CC(C)OC(=O)OCOP(OCOC(=O)OC(C)C)OCC1CC(F)C(n2ccc(=O)[nH]c2=O)O1. The second kappa shape index (κ2) is 14.1. The van der Waals surface area contributed by atoms with Crippen molar-refractivity contribution in [3.63, 3.8) is 0 Å². The summed E-state index contributed by atoms with van der Waals surface area (Å²) in [7, 11) is -2.26. The molecule has 1 aliphatic rings. The Hall–Kier alpha value is -2.58. The van der Waals surface area contributed by atoms with Crippen LogP contribution in [0.4, 0.5) is 14.0 Å². The molecule has 0 bridgehead atoms. The number of halogens is 1. The number of rotatable bonds is 12. The van der Waals surface area contributed by atoms with E-state index in [1.807, 2.05) is 4.98 Å². The van der Waals surface area contributed by atoms with Gasteiger partial charge in [0.15, 0.2) is 6.23 Å². The fraction of sp³-hybridized carbons (Fsp3) is 0.684.